The molecule has 2 rings (SSSR count). The van der Waals surface area contributed by atoms with Crippen molar-refractivity contribution in [2.75, 3.05) is 0 Å². The smallest absolute Gasteiger partial charge is 0.117 e. The summed E-state index contributed by atoms with van der Waals surface area (Å²) in [4.78, 5) is 0. The minimum Gasteiger partial charge on any atom is -0.117 e. The van der Waals surface area contributed by atoms with Crippen molar-refractivity contribution in [3.8, 4) is 0 Å². The SMILES string of the molecule is ClC1(Cc2ccccc2)N=NN=N1. The van der Waals surface area contributed by atoms with Gasteiger partial charge in [0.2, 0.25) is 0 Å². The first kappa shape index (κ1) is 8.31. The lowest BCUT2D eigenvalue weighted by atomic mass is 10.1. The third kappa shape index (κ3) is 1.89. The lowest BCUT2D eigenvalue weighted by Crippen LogP contribution is -2.15. The zero-order chi connectivity index (χ0) is 9.15. The monoisotopic (exact) mass is 194 g/mol. The zero-order valence-corrected chi connectivity index (χ0v) is 7.52. The number of benzene rings is 1. The predicted octanol–water partition coefficient (Wildman–Crippen LogP) is 2.95. The summed E-state index contributed by atoms with van der Waals surface area (Å²) >= 11 is 5.98. The van der Waals surface area contributed by atoms with Crippen molar-refractivity contribution in [2.24, 2.45) is 20.7 Å². The van der Waals surface area contributed by atoms with Crippen molar-refractivity contribution in [1.29, 1.82) is 0 Å². The summed E-state index contributed by atoms with van der Waals surface area (Å²) in [6.07, 6.45) is 0.516. The number of halogens is 1. The average molecular weight is 195 g/mol. The normalized spacial score (nSPS) is 17.9. The van der Waals surface area contributed by atoms with E-state index in [0.717, 1.165) is 5.56 Å². The van der Waals surface area contributed by atoms with Gasteiger partial charge in [0.05, 0.1) is 0 Å². The van der Waals surface area contributed by atoms with Crippen molar-refractivity contribution >= 4 is 11.6 Å². The molecule has 0 aromatic heterocycles. The van der Waals surface area contributed by atoms with E-state index in [1.807, 2.05) is 30.3 Å². The highest BCUT2D eigenvalue weighted by Gasteiger charge is 2.29. The first-order valence-electron chi connectivity index (χ1n) is 3.85. The zero-order valence-electron chi connectivity index (χ0n) is 6.76. The minimum absolute atomic E-state index is 0.516. The number of hydrogen-bond donors (Lipinski definition) is 0. The summed E-state index contributed by atoms with van der Waals surface area (Å²) in [7, 11) is 0. The summed E-state index contributed by atoms with van der Waals surface area (Å²) in [5.41, 5.74) is 1.07. The molecule has 0 saturated heterocycles. The molecule has 0 spiro atoms. The van der Waals surface area contributed by atoms with Crippen LogP contribution >= 0.6 is 11.6 Å². The van der Waals surface area contributed by atoms with Crippen LogP contribution in [0.2, 0.25) is 0 Å². The van der Waals surface area contributed by atoms with Crippen molar-refractivity contribution in [1.82, 2.24) is 0 Å². The highest BCUT2D eigenvalue weighted by Crippen LogP contribution is 2.28. The minimum atomic E-state index is -1.01. The maximum absolute atomic E-state index is 5.98. The number of alkyl halides is 1. The molecule has 13 heavy (non-hydrogen) atoms. The molecule has 1 aromatic carbocycles. The Kier molecular flexibility index (Phi) is 2.06. The topological polar surface area (TPSA) is 49.4 Å². The van der Waals surface area contributed by atoms with E-state index in [1.165, 1.54) is 0 Å². The quantitative estimate of drug-likeness (QED) is 0.514. The van der Waals surface area contributed by atoms with Gasteiger partial charge in [-0.25, -0.2) is 0 Å². The fraction of sp³-hybridized carbons (Fsp3) is 0.250. The molecule has 0 radical (unpaired) electrons. The third-order valence-corrected chi connectivity index (χ3v) is 1.99. The standard InChI is InChI=1S/C8H7ClN4/c9-8(10-12-13-11-8)6-7-4-2-1-3-5-7/h1-5H,6H2. The molecule has 0 fully saturated rings. The van der Waals surface area contributed by atoms with E-state index in [-0.39, 0.29) is 0 Å². The Balaban J connectivity index is 2.15. The summed E-state index contributed by atoms with van der Waals surface area (Å²) in [6, 6.07) is 9.76. The fourth-order valence-electron chi connectivity index (χ4n) is 1.12. The van der Waals surface area contributed by atoms with Crippen LogP contribution in [0.1, 0.15) is 5.56 Å². The molecular formula is C8H7ClN4. The van der Waals surface area contributed by atoms with E-state index in [2.05, 4.69) is 20.7 Å². The van der Waals surface area contributed by atoms with E-state index in [0.29, 0.717) is 6.42 Å². The van der Waals surface area contributed by atoms with Gasteiger partial charge in [0.1, 0.15) is 0 Å². The summed E-state index contributed by atoms with van der Waals surface area (Å²) in [5.74, 6) is 0. The van der Waals surface area contributed by atoms with Crippen LogP contribution in [0.15, 0.2) is 51.0 Å². The Morgan fingerprint density at radius 1 is 1.08 bits per heavy atom. The van der Waals surface area contributed by atoms with E-state index >= 15 is 0 Å². The van der Waals surface area contributed by atoms with E-state index in [4.69, 9.17) is 11.6 Å². The van der Waals surface area contributed by atoms with Gasteiger partial charge in [0.15, 0.2) is 0 Å². The Hall–Kier alpha value is -1.29. The van der Waals surface area contributed by atoms with Crippen LogP contribution in [-0.4, -0.2) is 5.12 Å². The Labute approximate surface area is 80.3 Å². The number of rotatable bonds is 2. The largest absolute Gasteiger partial charge is 0.271 e. The van der Waals surface area contributed by atoms with Crippen LogP contribution in [0.25, 0.3) is 0 Å². The van der Waals surface area contributed by atoms with Gasteiger partial charge >= 0.3 is 0 Å². The second-order valence-corrected chi connectivity index (χ2v) is 3.37. The van der Waals surface area contributed by atoms with Gasteiger partial charge in [0.25, 0.3) is 5.12 Å². The molecule has 0 unspecified atom stereocenters. The summed E-state index contributed by atoms with van der Waals surface area (Å²) in [5, 5.41) is 13.2. The van der Waals surface area contributed by atoms with Crippen molar-refractivity contribution in [3.05, 3.63) is 35.9 Å². The maximum Gasteiger partial charge on any atom is 0.271 e. The van der Waals surface area contributed by atoms with Gasteiger partial charge in [-0.1, -0.05) is 41.9 Å². The Morgan fingerprint density at radius 2 is 1.69 bits per heavy atom. The average Bonchev–Trinajstić information content (AvgIpc) is 2.54. The lowest BCUT2D eigenvalue weighted by Gasteiger charge is -2.09. The number of nitrogens with zero attached hydrogens (tertiary/aromatic N) is 4. The summed E-state index contributed by atoms with van der Waals surface area (Å²) < 4.78 is 0. The Bertz CT molecular complexity index is 334. The Morgan fingerprint density at radius 3 is 2.31 bits per heavy atom. The molecule has 5 heteroatoms. The van der Waals surface area contributed by atoms with E-state index in [1.54, 1.807) is 0 Å². The lowest BCUT2D eigenvalue weighted by molar-refractivity contribution is 0.621. The molecule has 0 atom stereocenters. The van der Waals surface area contributed by atoms with Crippen LogP contribution in [0.4, 0.5) is 0 Å². The molecule has 0 amide bonds. The van der Waals surface area contributed by atoms with Gasteiger partial charge in [-0.3, -0.25) is 0 Å². The van der Waals surface area contributed by atoms with Crippen LogP contribution < -0.4 is 0 Å². The first-order chi connectivity index (χ1) is 6.29. The van der Waals surface area contributed by atoms with Gasteiger partial charge in [-0.15, -0.1) is 10.2 Å². The maximum atomic E-state index is 5.98. The van der Waals surface area contributed by atoms with Crippen molar-refractivity contribution < 1.29 is 0 Å². The van der Waals surface area contributed by atoms with Gasteiger partial charge < -0.3 is 0 Å². The predicted molar refractivity (Wildman–Crippen MR) is 48.4 cm³/mol. The molecule has 0 bridgehead atoms. The van der Waals surface area contributed by atoms with E-state index in [9.17, 15) is 0 Å². The molecule has 0 saturated carbocycles. The fourth-order valence-corrected chi connectivity index (χ4v) is 1.35. The highest BCUT2D eigenvalue weighted by molar-refractivity contribution is 6.23. The van der Waals surface area contributed by atoms with Crippen molar-refractivity contribution in [3.63, 3.8) is 0 Å². The highest BCUT2D eigenvalue weighted by atomic mass is 35.5. The van der Waals surface area contributed by atoms with E-state index < -0.39 is 5.12 Å². The van der Waals surface area contributed by atoms with Crippen LogP contribution in [0, 0.1) is 0 Å². The van der Waals surface area contributed by atoms with Gasteiger partial charge in [0, 0.05) is 6.42 Å². The van der Waals surface area contributed by atoms with Crippen LogP contribution in [0.5, 0.6) is 0 Å². The second kappa shape index (κ2) is 3.22. The molecule has 1 aliphatic rings. The van der Waals surface area contributed by atoms with Crippen LogP contribution in [0.3, 0.4) is 0 Å². The van der Waals surface area contributed by atoms with Crippen LogP contribution in [-0.2, 0) is 6.42 Å². The third-order valence-electron chi connectivity index (χ3n) is 1.71. The van der Waals surface area contributed by atoms with Gasteiger partial charge in [-0.2, -0.15) is 0 Å². The molecule has 1 aliphatic heterocycles. The molecule has 66 valence electrons. The number of hydrogen-bond acceptors (Lipinski definition) is 4. The second-order valence-electron chi connectivity index (χ2n) is 2.76. The van der Waals surface area contributed by atoms with Crippen molar-refractivity contribution in [2.45, 2.75) is 11.5 Å². The molecule has 1 aromatic rings. The summed E-state index contributed by atoms with van der Waals surface area (Å²) in [6.45, 7) is 0. The molecule has 1 heterocycles. The molecule has 0 aliphatic carbocycles. The first-order valence-corrected chi connectivity index (χ1v) is 4.23. The molecular weight excluding hydrogens is 188 g/mol. The van der Waals surface area contributed by atoms with Gasteiger partial charge in [-0.05, 0) is 16.0 Å². The molecule has 4 nitrogen and oxygen atoms in total. The molecule has 0 N–H and O–H groups in total.